The van der Waals surface area contributed by atoms with Gasteiger partial charge in [0.05, 0.1) is 11.6 Å². The standard InChI is InChI=1S/C18H12F3N/c19-18(20,21)17-10-7-14(8-11-17)6-9-16(12-13-22)15-4-2-1-3-5-15/h1-12H/b9-6+,16-12-. The van der Waals surface area contributed by atoms with Gasteiger partial charge in [-0.25, -0.2) is 0 Å². The lowest BCUT2D eigenvalue weighted by atomic mass is 10.0. The molecule has 1 nitrogen and oxygen atoms in total. The van der Waals surface area contributed by atoms with Gasteiger partial charge in [0.15, 0.2) is 0 Å². The Labute approximate surface area is 126 Å². The van der Waals surface area contributed by atoms with Crippen LogP contribution in [0.4, 0.5) is 13.2 Å². The molecular formula is C18H12F3N. The third-order valence-electron chi connectivity index (χ3n) is 3.02. The van der Waals surface area contributed by atoms with Crippen molar-refractivity contribution in [1.29, 1.82) is 5.26 Å². The number of hydrogen-bond donors (Lipinski definition) is 0. The summed E-state index contributed by atoms with van der Waals surface area (Å²) in [5.74, 6) is 0. The molecule has 0 bridgehead atoms. The third kappa shape index (κ3) is 4.10. The van der Waals surface area contributed by atoms with Crippen LogP contribution in [-0.2, 0) is 6.18 Å². The van der Waals surface area contributed by atoms with Crippen LogP contribution < -0.4 is 0 Å². The van der Waals surface area contributed by atoms with Crippen LogP contribution in [0.25, 0.3) is 11.6 Å². The molecule has 4 heteroatoms. The topological polar surface area (TPSA) is 23.8 Å². The number of nitriles is 1. The summed E-state index contributed by atoms with van der Waals surface area (Å²) in [6, 6.07) is 16.1. The first-order valence-electron chi connectivity index (χ1n) is 6.51. The number of hydrogen-bond acceptors (Lipinski definition) is 1. The fourth-order valence-electron chi connectivity index (χ4n) is 1.90. The molecule has 0 N–H and O–H groups in total. The Morgan fingerprint density at radius 3 is 2.14 bits per heavy atom. The normalized spacial score (nSPS) is 12.4. The molecule has 2 aromatic rings. The number of alkyl halides is 3. The Balaban J connectivity index is 2.23. The summed E-state index contributed by atoms with van der Waals surface area (Å²) in [5.41, 5.74) is 1.52. The Hall–Kier alpha value is -2.80. The highest BCUT2D eigenvalue weighted by molar-refractivity contribution is 5.80. The number of allylic oxidation sites excluding steroid dienone is 3. The average Bonchev–Trinajstić information content (AvgIpc) is 2.52. The maximum absolute atomic E-state index is 12.5. The molecule has 0 aromatic heterocycles. The average molecular weight is 299 g/mol. The number of rotatable bonds is 3. The van der Waals surface area contributed by atoms with Crippen molar-refractivity contribution in [3.63, 3.8) is 0 Å². The lowest BCUT2D eigenvalue weighted by molar-refractivity contribution is -0.137. The van der Waals surface area contributed by atoms with Crippen LogP contribution in [0.1, 0.15) is 16.7 Å². The zero-order valence-corrected chi connectivity index (χ0v) is 11.5. The zero-order chi connectivity index (χ0) is 16.0. The quantitative estimate of drug-likeness (QED) is 0.555. The van der Waals surface area contributed by atoms with E-state index in [1.54, 1.807) is 12.2 Å². The molecule has 0 unspecified atom stereocenters. The number of nitrogens with zero attached hydrogens (tertiary/aromatic N) is 1. The van der Waals surface area contributed by atoms with Gasteiger partial charge in [0, 0.05) is 6.08 Å². The van der Waals surface area contributed by atoms with Crippen LogP contribution >= 0.6 is 0 Å². The van der Waals surface area contributed by atoms with Crippen molar-refractivity contribution in [3.8, 4) is 6.07 Å². The van der Waals surface area contributed by atoms with Crippen molar-refractivity contribution >= 4 is 11.6 Å². The second kappa shape index (κ2) is 6.77. The predicted molar refractivity (Wildman–Crippen MR) is 80.5 cm³/mol. The highest BCUT2D eigenvalue weighted by atomic mass is 19.4. The fraction of sp³-hybridized carbons (Fsp3) is 0.0556. The molecule has 2 aromatic carbocycles. The molecule has 2 rings (SSSR count). The van der Waals surface area contributed by atoms with Gasteiger partial charge in [-0.05, 0) is 28.8 Å². The van der Waals surface area contributed by atoms with Gasteiger partial charge in [0.2, 0.25) is 0 Å². The van der Waals surface area contributed by atoms with E-state index in [1.165, 1.54) is 18.2 Å². The van der Waals surface area contributed by atoms with E-state index >= 15 is 0 Å². The van der Waals surface area contributed by atoms with E-state index in [2.05, 4.69) is 0 Å². The van der Waals surface area contributed by atoms with Crippen molar-refractivity contribution in [3.05, 3.63) is 83.4 Å². The summed E-state index contributed by atoms with van der Waals surface area (Å²) in [6.45, 7) is 0. The maximum atomic E-state index is 12.5. The molecule has 0 atom stereocenters. The molecule has 0 amide bonds. The largest absolute Gasteiger partial charge is 0.416 e. The summed E-state index contributed by atoms with van der Waals surface area (Å²) in [4.78, 5) is 0. The molecule has 0 fully saturated rings. The van der Waals surface area contributed by atoms with E-state index < -0.39 is 11.7 Å². The first-order valence-corrected chi connectivity index (χ1v) is 6.51. The Morgan fingerprint density at radius 2 is 1.59 bits per heavy atom. The van der Waals surface area contributed by atoms with Gasteiger partial charge in [-0.15, -0.1) is 0 Å². The van der Waals surface area contributed by atoms with E-state index in [4.69, 9.17) is 5.26 Å². The molecule has 0 aliphatic heterocycles. The van der Waals surface area contributed by atoms with Gasteiger partial charge in [-0.2, -0.15) is 18.4 Å². The first kappa shape index (κ1) is 15.6. The Bertz CT molecular complexity index is 718. The minimum absolute atomic E-state index is 0.632. The molecule has 0 saturated carbocycles. The van der Waals surface area contributed by atoms with E-state index in [0.29, 0.717) is 11.1 Å². The summed E-state index contributed by atoms with van der Waals surface area (Å²) in [6.07, 6.45) is 0.450. The molecule has 22 heavy (non-hydrogen) atoms. The number of halogens is 3. The number of benzene rings is 2. The van der Waals surface area contributed by atoms with Crippen LogP contribution in [0.15, 0.2) is 66.7 Å². The van der Waals surface area contributed by atoms with Gasteiger partial charge in [0.25, 0.3) is 0 Å². The van der Waals surface area contributed by atoms with E-state index in [-0.39, 0.29) is 0 Å². The first-order chi connectivity index (χ1) is 10.5. The highest BCUT2D eigenvalue weighted by Gasteiger charge is 2.29. The van der Waals surface area contributed by atoms with Crippen LogP contribution in [0.3, 0.4) is 0 Å². The Kier molecular flexibility index (Phi) is 4.80. The molecule has 0 spiro atoms. The van der Waals surface area contributed by atoms with E-state index in [1.807, 2.05) is 36.4 Å². The summed E-state index contributed by atoms with van der Waals surface area (Å²) < 4.78 is 37.5. The highest BCUT2D eigenvalue weighted by Crippen LogP contribution is 2.29. The molecule has 0 heterocycles. The van der Waals surface area contributed by atoms with Crippen molar-refractivity contribution in [2.75, 3.05) is 0 Å². The van der Waals surface area contributed by atoms with Crippen molar-refractivity contribution < 1.29 is 13.2 Å². The monoisotopic (exact) mass is 299 g/mol. The van der Waals surface area contributed by atoms with Crippen molar-refractivity contribution in [2.45, 2.75) is 6.18 Å². The SMILES string of the molecule is N#C/C=C(/C=C/c1ccc(C(F)(F)F)cc1)c1ccccc1. The molecule has 0 saturated heterocycles. The molecule has 110 valence electrons. The molecule has 0 aliphatic rings. The van der Waals surface area contributed by atoms with Crippen molar-refractivity contribution in [2.24, 2.45) is 0 Å². The maximum Gasteiger partial charge on any atom is 0.416 e. The van der Waals surface area contributed by atoms with Gasteiger partial charge in [0.1, 0.15) is 0 Å². The molecule has 0 aliphatic carbocycles. The molecular weight excluding hydrogens is 287 g/mol. The van der Waals surface area contributed by atoms with Crippen LogP contribution in [-0.4, -0.2) is 0 Å². The third-order valence-corrected chi connectivity index (χ3v) is 3.02. The lowest BCUT2D eigenvalue weighted by Gasteiger charge is -2.06. The van der Waals surface area contributed by atoms with Crippen molar-refractivity contribution in [1.82, 2.24) is 0 Å². The smallest absolute Gasteiger partial charge is 0.193 e. The minimum atomic E-state index is -4.34. The fourth-order valence-corrected chi connectivity index (χ4v) is 1.90. The Morgan fingerprint density at radius 1 is 0.955 bits per heavy atom. The predicted octanol–water partition coefficient (Wildman–Crippen LogP) is 5.33. The second-order valence-corrected chi connectivity index (χ2v) is 4.55. The summed E-state index contributed by atoms with van der Waals surface area (Å²) >= 11 is 0. The van der Waals surface area contributed by atoms with E-state index in [9.17, 15) is 13.2 Å². The van der Waals surface area contributed by atoms with Gasteiger partial charge in [-0.3, -0.25) is 0 Å². The zero-order valence-electron chi connectivity index (χ0n) is 11.5. The van der Waals surface area contributed by atoms with Gasteiger partial charge in [-0.1, -0.05) is 54.6 Å². The van der Waals surface area contributed by atoms with Crippen LogP contribution in [0.2, 0.25) is 0 Å². The summed E-state index contributed by atoms with van der Waals surface area (Å²) in [7, 11) is 0. The van der Waals surface area contributed by atoms with Gasteiger partial charge >= 0.3 is 6.18 Å². The van der Waals surface area contributed by atoms with Crippen LogP contribution in [0.5, 0.6) is 0 Å². The van der Waals surface area contributed by atoms with E-state index in [0.717, 1.165) is 17.7 Å². The molecule has 0 radical (unpaired) electrons. The summed E-state index contributed by atoms with van der Waals surface area (Å²) in [5, 5.41) is 8.84. The van der Waals surface area contributed by atoms with Gasteiger partial charge < -0.3 is 0 Å². The minimum Gasteiger partial charge on any atom is -0.193 e. The second-order valence-electron chi connectivity index (χ2n) is 4.55. The van der Waals surface area contributed by atoms with Crippen LogP contribution in [0, 0.1) is 11.3 Å². The lowest BCUT2D eigenvalue weighted by Crippen LogP contribution is -2.03.